The number of nitrogens with zero attached hydrogens (tertiary/aromatic N) is 2. The topological polar surface area (TPSA) is 50.4 Å². The number of hydrogen-bond acceptors (Lipinski definition) is 4. The Balaban J connectivity index is 1.77. The van der Waals surface area contributed by atoms with Gasteiger partial charge in [-0.3, -0.25) is 10.00 Å². The standard InChI is InChI=1S/C21H31N3O2/c1-21(2,3)20-17(12-22-23-20)14-24(15-19-9-6-10-26-19)13-16-7-5-8-18(11-16)25-4/h5,7-8,11-12,19H,6,9-10,13-15H2,1-4H3,(H,22,23). The van der Waals surface area contributed by atoms with Crippen LogP contribution in [-0.4, -0.2) is 41.5 Å². The lowest BCUT2D eigenvalue weighted by Crippen LogP contribution is -2.32. The molecule has 0 radical (unpaired) electrons. The van der Waals surface area contributed by atoms with Gasteiger partial charge in [-0.1, -0.05) is 32.9 Å². The zero-order valence-corrected chi connectivity index (χ0v) is 16.4. The van der Waals surface area contributed by atoms with Crippen LogP contribution in [0.2, 0.25) is 0 Å². The summed E-state index contributed by atoms with van der Waals surface area (Å²) in [4.78, 5) is 2.46. The van der Waals surface area contributed by atoms with Gasteiger partial charge < -0.3 is 9.47 Å². The third-order valence-corrected chi connectivity index (χ3v) is 4.89. The number of rotatable bonds is 7. The molecule has 1 atom stereocenters. The van der Waals surface area contributed by atoms with Crippen molar-refractivity contribution in [2.45, 2.75) is 58.2 Å². The summed E-state index contributed by atoms with van der Waals surface area (Å²) >= 11 is 0. The Morgan fingerprint density at radius 2 is 2.15 bits per heavy atom. The van der Waals surface area contributed by atoms with Crippen LogP contribution in [0.1, 0.15) is 50.4 Å². The summed E-state index contributed by atoms with van der Waals surface area (Å²) in [5.74, 6) is 0.901. The van der Waals surface area contributed by atoms with Crippen LogP contribution in [0.5, 0.6) is 5.75 Å². The highest BCUT2D eigenvalue weighted by Gasteiger charge is 2.24. The van der Waals surface area contributed by atoms with Gasteiger partial charge in [0, 0.05) is 42.9 Å². The Morgan fingerprint density at radius 1 is 1.31 bits per heavy atom. The summed E-state index contributed by atoms with van der Waals surface area (Å²) in [6.07, 6.45) is 4.60. The third kappa shape index (κ3) is 4.86. The van der Waals surface area contributed by atoms with Crippen molar-refractivity contribution < 1.29 is 9.47 Å². The van der Waals surface area contributed by atoms with E-state index in [0.717, 1.165) is 44.8 Å². The summed E-state index contributed by atoms with van der Waals surface area (Å²) in [7, 11) is 1.71. The SMILES string of the molecule is COc1cccc(CN(Cc2cn[nH]c2C(C)(C)C)CC2CCCO2)c1. The molecule has 1 aliphatic heterocycles. The Labute approximate surface area is 156 Å². The van der Waals surface area contributed by atoms with Gasteiger partial charge in [-0.2, -0.15) is 5.10 Å². The van der Waals surface area contributed by atoms with Crippen molar-refractivity contribution in [2.75, 3.05) is 20.3 Å². The Morgan fingerprint density at radius 3 is 2.85 bits per heavy atom. The first-order chi connectivity index (χ1) is 12.5. The fraction of sp³-hybridized carbons (Fsp3) is 0.571. The third-order valence-electron chi connectivity index (χ3n) is 4.89. The molecule has 1 unspecified atom stereocenters. The van der Waals surface area contributed by atoms with Gasteiger partial charge >= 0.3 is 0 Å². The maximum absolute atomic E-state index is 5.89. The second kappa shape index (κ2) is 8.23. The second-order valence-electron chi connectivity index (χ2n) is 8.18. The number of aromatic amines is 1. The molecule has 2 heterocycles. The monoisotopic (exact) mass is 357 g/mol. The fourth-order valence-electron chi connectivity index (χ4n) is 3.61. The Hall–Kier alpha value is -1.85. The number of ether oxygens (including phenoxy) is 2. The van der Waals surface area contributed by atoms with E-state index in [9.17, 15) is 0 Å². The molecule has 1 aliphatic rings. The van der Waals surface area contributed by atoms with Crippen LogP contribution in [0, 0.1) is 0 Å². The van der Waals surface area contributed by atoms with Gasteiger partial charge in [-0.05, 0) is 30.5 Å². The second-order valence-corrected chi connectivity index (χ2v) is 8.18. The lowest BCUT2D eigenvalue weighted by Gasteiger charge is -2.27. The van der Waals surface area contributed by atoms with Gasteiger partial charge in [0.1, 0.15) is 5.75 Å². The van der Waals surface area contributed by atoms with E-state index in [1.54, 1.807) is 7.11 Å². The Bertz CT molecular complexity index is 699. The van der Waals surface area contributed by atoms with Gasteiger partial charge in [0.15, 0.2) is 0 Å². The average Bonchev–Trinajstić information content (AvgIpc) is 3.26. The molecular formula is C21H31N3O2. The molecule has 0 bridgehead atoms. The quantitative estimate of drug-likeness (QED) is 0.816. The van der Waals surface area contributed by atoms with Crippen LogP contribution in [0.25, 0.3) is 0 Å². The maximum atomic E-state index is 5.89. The van der Waals surface area contributed by atoms with Crippen molar-refractivity contribution in [1.82, 2.24) is 15.1 Å². The number of methoxy groups -OCH3 is 1. The van der Waals surface area contributed by atoms with Crippen molar-refractivity contribution >= 4 is 0 Å². The van der Waals surface area contributed by atoms with E-state index in [2.05, 4.69) is 54.1 Å². The predicted octanol–water partition coefficient (Wildman–Crippen LogP) is 3.90. The van der Waals surface area contributed by atoms with E-state index in [4.69, 9.17) is 9.47 Å². The summed E-state index contributed by atoms with van der Waals surface area (Å²) in [5, 5.41) is 7.50. The fourth-order valence-corrected chi connectivity index (χ4v) is 3.61. The molecular weight excluding hydrogens is 326 g/mol. The van der Waals surface area contributed by atoms with Crippen molar-refractivity contribution in [2.24, 2.45) is 0 Å². The summed E-state index contributed by atoms with van der Waals surface area (Å²) in [5.41, 5.74) is 3.78. The van der Waals surface area contributed by atoms with Crippen molar-refractivity contribution in [1.29, 1.82) is 0 Å². The molecule has 1 aromatic heterocycles. The van der Waals surface area contributed by atoms with Gasteiger partial charge in [0.2, 0.25) is 0 Å². The minimum atomic E-state index is 0.0529. The minimum absolute atomic E-state index is 0.0529. The molecule has 1 aromatic carbocycles. The number of H-pyrrole nitrogens is 1. The van der Waals surface area contributed by atoms with E-state index >= 15 is 0 Å². The van der Waals surface area contributed by atoms with Crippen LogP contribution in [-0.2, 0) is 23.2 Å². The smallest absolute Gasteiger partial charge is 0.119 e. The van der Waals surface area contributed by atoms with E-state index in [-0.39, 0.29) is 5.41 Å². The summed E-state index contributed by atoms with van der Waals surface area (Å²) in [6.45, 7) is 10.2. The number of benzene rings is 1. The zero-order chi connectivity index (χ0) is 18.6. The van der Waals surface area contributed by atoms with Gasteiger partial charge in [0.25, 0.3) is 0 Å². The highest BCUT2D eigenvalue weighted by atomic mass is 16.5. The van der Waals surface area contributed by atoms with E-state index < -0.39 is 0 Å². The lowest BCUT2D eigenvalue weighted by atomic mass is 9.89. The van der Waals surface area contributed by atoms with Crippen LogP contribution in [0.4, 0.5) is 0 Å². The zero-order valence-electron chi connectivity index (χ0n) is 16.4. The average molecular weight is 357 g/mol. The summed E-state index contributed by atoms with van der Waals surface area (Å²) in [6, 6.07) is 8.31. The van der Waals surface area contributed by atoms with Crippen LogP contribution in [0.15, 0.2) is 30.5 Å². The van der Waals surface area contributed by atoms with Gasteiger partial charge in [-0.25, -0.2) is 0 Å². The lowest BCUT2D eigenvalue weighted by molar-refractivity contribution is 0.0677. The minimum Gasteiger partial charge on any atom is -0.497 e. The van der Waals surface area contributed by atoms with Gasteiger partial charge in [-0.15, -0.1) is 0 Å². The van der Waals surface area contributed by atoms with E-state index in [1.165, 1.54) is 16.8 Å². The molecule has 0 amide bonds. The molecule has 1 N–H and O–H groups in total. The predicted molar refractivity (Wildman–Crippen MR) is 103 cm³/mol. The largest absolute Gasteiger partial charge is 0.497 e. The molecule has 26 heavy (non-hydrogen) atoms. The van der Waals surface area contributed by atoms with Crippen molar-refractivity contribution in [3.05, 3.63) is 47.3 Å². The normalized spacial score (nSPS) is 17.8. The number of nitrogens with one attached hydrogen (secondary N) is 1. The number of aromatic nitrogens is 2. The highest BCUT2D eigenvalue weighted by molar-refractivity contribution is 5.29. The van der Waals surface area contributed by atoms with E-state index in [0.29, 0.717) is 6.10 Å². The maximum Gasteiger partial charge on any atom is 0.119 e. The van der Waals surface area contributed by atoms with Gasteiger partial charge in [0.05, 0.1) is 19.4 Å². The van der Waals surface area contributed by atoms with Crippen LogP contribution < -0.4 is 4.74 Å². The molecule has 5 nitrogen and oxygen atoms in total. The number of hydrogen-bond donors (Lipinski definition) is 1. The molecule has 3 rings (SSSR count). The first-order valence-electron chi connectivity index (χ1n) is 9.45. The molecule has 0 saturated carbocycles. The summed E-state index contributed by atoms with van der Waals surface area (Å²) < 4.78 is 11.3. The van der Waals surface area contributed by atoms with E-state index in [1.807, 2.05) is 12.3 Å². The first kappa shape index (κ1) is 18.9. The molecule has 5 heteroatoms. The molecule has 0 aliphatic carbocycles. The van der Waals surface area contributed by atoms with Crippen molar-refractivity contribution in [3.8, 4) is 5.75 Å². The van der Waals surface area contributed by atoms with Crippen LogP contribution in [0.3, 0.4) is 0 Å². The molecule has 142 valence electrons. The molecule has 0 spiro atoms. The molecule has 2 aromatic rings. The van der Waals surface area contributed by atoms with Crippen molar-refractivity contribution in [3.63, 3.8) is 0 Å². The highest BCUT2D eigenvalue weighted by Crippen LogP contribution is 2.26. The molecule has 1 fully saturated rings. The first-order valence-corrected chi connectivity index (χ1v) is 9.45. The Kier molecular flexibility index (Phi) is 5.99. The molecule has 1 saturated heterocycles. The van der Waals surface area contributed by atoms with Crippen LogP contribution >= 0.6 is 0 Å².